The Labute approximate surface area is 141 Å². The van der Waals surface area contributed by atoms with Crippen LogP contribution in [-0.4, -0.2) is 7.11 Å². The summed E-state index contributed by atoms with van der Waals surface area (Å²) in [7, 11) is 1.67. The van der Waals surface area contributed by atoms with E-state index in [4.69, 9.17) is 16.3 Å². The molecule has 0 aliphatic heterocycles. The van der Waals surface area contributed by atoms with Crippen LogP contribution < -0.4 is 4.74 Å². The Bertz CT molecular complexity index is 836. The molecule has 0 radical (unpaired) electrons. The van der Waals surface area contributed by atoms with Crippen LogP contribution in [0.15, 0.2) is 72.8 Å². The van der Waals surface area contributed by atoms with E-state index in [1.54, 1.807) is 7.11 Å². The molecule has 2 heteroatoms. The summed E-state index contributed by atoms with van der Waals surface area (Å²) < 4.78 is 5.18. The van der Waals surface area contributed by atoms with E-state index in [0.29, 0.717) is 0 Å². The second-order valence-corrected chi connectivity index (χ2v) is 5.50. The van der Waals surface area contributed by atoms with Gasteiger partial charge in [-0.15, -0.1) is 0 Å². The van der Waals surface area contributed by atoms with Crippen molar-refractivity contribution in [1.82, 2.24) is 0 Å². The van der Waals surface area contributed by atoms with Crippen molar-refractivity contribution < 1.29 is 4.74 Å². The molecule has 0 saturated carbocycles. The highest BCUT2D eigenvalue weighted by molar-refractivity contribution is 6.30. The molecular formula is C21H15ClO. The number of ether oxygens (including phenoxy) is 1. The smallest absolute Gasteiger partial charge is 0.118 e. The van der Waals surface area contributed by atoms with Crippen LogP contribution >= 0.6 is 11.6 Å². The molecule has 0 spiro atoms. The first-order chi connectivity index (χ1) is 11.2. The van der Waals surface area contributed by atoms with Gasteiger partial charge in [-0.1, -0.05) is 47.7 Å². The first kappa shape index (κ1) is 15.2. The molecule has 0 unspecified atom stereocenters. The maximum absolute atomic E-state index is 5.87. The summed E-state index contributed by atoms with van der Waals surface area (Å²) in [6.45, 7) is 0. The molecule has 0 bridgehead atoms. The monoisotopic (exact) mass is 318 g/mol. The normalized spacial score (nSPS) is 9.83. The van der Waals surface area contributed by atoms with Crippen LogP contribution in [0.5, 0.6) is 5.75 Å². The summed E-state index contributed by atoms with van der Waals surface area (Å²) >= 11 is 5.87. The molecule has 0 N–H and O–H groups in total. The lowest BCUT2D eigenvalue weighted by atomic mass is 10.0. The van der Waals surface area contributed by atoms with Gasteiger partial charge in [0.1, 0.15) is 5.75 Å². The molecule has 23 heavy (non-hydrogen) atoms. The summed E-state index contributed by atoms with van der Waals surface area (Å²) in [5, 5.41) is 0.722. The average molecular weight is 319 g/mol. The van der Waals surface area contributed by atoms with Crippen molar-refractivity contribution in [1.29, 1.82) is 0 Å². The van der Waals surface area contributed by atoms with Gasteiger partial charge in [0, 0.05) is 16.1 Å². The Balaban J connectivity index is 1.78. The molecule has 0 amide bonds. The molecule has 0 aliphatic rings. The van der Waals surface area contributed by atoms with Gasteiger partial charge >= 0.3 is 0 Å². The first-order valence-electron chi connectivity index (χ1n) is 7.27. The van der Waals surface area contributed by atoms with Crippen molar-refractivity contribution in [3.05, 3.63) is 88.9 Å². The SMILES string of the molecule is COc1ccc(-c2ccc(C#Cc3ccc(Cl)cc3)cc2)cc1. The minimum absolute atomic E-state index is 0.722. The van der Waals surface area contributed by atoms with E-state index in [1.165, 1.54) is 0 Å². The third-order valence-electron chi connectivity index (χ3n) is 3.50. The van der Waals surface area contributed by atoms with Crippen LogP contribution in [0.4, 0.5) is 0 Å². The van der Waals surface area contributed by atoms with Crippen LogP contribution in [0, 0.1) is 11.8 Å². The van der Waals surface area contributed by atoms with Gasteiger partial charge in [-0.2, -0.15) is 0 Å². The van der Waals surface area contributed by atoms with Gasteiger partial charge < -0.3 is 4.74 Å². The fourth-order valence-corrected chi connectivity index (χ4v) is 2.33. The van der Waals surface area contributed by atoms with Gasteiger partial charge in [0.15, 0.2) is 0 Å². The number of benzene rings is 3. The quantitative estimate of drug-likeness (QED) is 0.574. The molecule has 112 valence electrons. The summed E-state index contributed by atoms with van der Waals surface area (Å²) in [6, 6.07) is 23.8. The predicted molar refractivity (Wildman–Crippen MR) is 95.9 cm³/mol. The number of hydrogen-bond donors (Lipinski definition) is 0. The maximum Gasteiger partial charge on any atom is 0.118 e. The van der Waals surface area contributed by atoms with Crippen LogP contribution in [0.25, 0.3) is 11.1 Å². The zero-order valence-corrected chi connectivity index (χ0v) is 13.5. The molecule has 0 heterocycles. The zero-order chi connectivity index (χ0) is 16.1. The molecule has 0 fully saturated rings. The van der Waals surface area contributed by atoms with Gasteiger partial charge in [0.2, 0.25) is 0 Å². The predicted octanol–water partition coefficient (Wildman–Crippen LogP) is 5.42. The van der Waals surface area contributed by atoms with Crippen molar-refractivity contribution >= 4 is 11.6 Å². The fraction of sp³-hybridized carbons (Fsp3) is 0.0476. The van der Waals surface area contributed by atoms with Crippen molar-refractivity contribution in [3.8, 4) is 28.7 Å². The van der Waals surface area contributed by atoms with Gasteiger partial charge in [0.05, 0.1) is 7.11 Å². The molecular weight excluding hydrogens is 304 g/mol. The highest BCUT2D eigenvalue weighted by atomic mass is 35.5. The summed E-state index contributed by atoms with van der Waals surface area (Å²) in [5.74, 6) is 7.16. The summed E-state index contributed by atoms with van der Waals surface area (Å²) in [5.41, 5.74) is 4.25. The molecule has 0 aliphatic carbocycles. The fourth-order valence-electron chi connectivity index (χ4n) is 2.21. The molecule has 3 aromatic rings. The Hall–Kier alpha value is -2.69. The van der Waals surface area contributed by atoms with Crippen molar-refractivity contribution in [2.75, 3.05) is 7.11 Å². The van der Waals surface area contributed by atoms with Crippen molar-refractivity contribution in [2.24, 2.45) is 0 Å². The number of hydrogen-bond acceptors (Lipinski definition) is 1. The topological polar surface area (TPSA) is 9.23 Å². The molecule has 0 aromatic heterocycles. The highest BCUT2D eigenvalue weighted by Gasteiger charge is 1.98. The second kappa shape index (κ2) is 7.05. The minimum atomic E-state index is 0.722. The Kier molecular flexibility index (Phi) is 4.66. The third kappa shape index (κ3) is 3.94. The van der Waals surface area contributed by atoms with E-state index in [9.17, 15) is 0 Å². The van der Waals surface area contributed by atoms with E-state index in [1.807, 2.05) is 60.7 Å². The van der Waals surface area contributed by atoms with Gasteiger partial charge in [-0.05, 0) is 59.7 Å². The molecule has 3 aromatic carbocycles. The maximum atomic E-state index is 5.87. The number of rotatable bonds is 2. The van der Waals surface area contributed by atoms with E-state index in [2.05, 4.69) is 24.0 Å². The second-order valence-electron chi connectivity index (χ2n) is 5.06. The van der Waals surface area contributed by atoms with Crippen molar-refractivity contribution in [3.63, 3.8) is 0 Å². The molecule has 3 rings (SSSR count). The zero-order valence-electron chi connectivity index (χ0n) is 12.7. The van der Waals surface area contributed by atoms with Crippen LogP contribution in [0.1, 0.15) is 11.1 Å². The Morgan fingerprint density at radius 3 is 1.57 bits per heavy atom. The van der Waals surface area contributed by atoms with E-state index >= 15 is 0 Å². The summed E-state index contributed by atoms with van der Waals surface area (Å²) in [4.78, 5) is 0. The van der Waals surface area contributed by atoms with E-state index < -0.39 is 0 Å². The standard InChI is InChI=1S/C21H15ClO/c1-23-21-14-10-19(11-15-21)18-8-4-16(5-9-18)2-3-17-6-12-20(22)13-7-17/h4-15H,1H3. The summed E-state index contributed by atoms with van der Waals surface area (Å²) in [6.07, 6.45) is 0. The van der Waals surface area contributed by atoms with Gasteiger partial charge in [-0.3, -0.25) is 0 Å². The molecule has 1 nitrogen and oxygen atoms in total. The van der Waals surface area contributed by atoms with Crippen LogP contribution in [0.2, 0.25) is 5.02 Å². The van der Waals surface area contributed by atoms with Gasteiger partial charge in [-0.25, -0.2) is 0 Å². The third-order valence-corrected chi connectivity index (χ3v) is 3.76. The molecule has 0 atom stereocenters. The first-order valence-corrected chi connectivity index (χ1v) is 7.64. The number of methoxy groups -OCH3 is 1. The van der Waals surface area contributed by atoms with Gasteiger partial charge in [0.25, 0.3) is 0 Å². The average Bonchev–Trinajstić information content (AvgIpc) is 2.62. The van der Waals surface area contributed by atoms with E-state index in [0.717, 1.165) is 33.0 Å². The Morgan fingerprint density at radius 2 is 1.09 bits per heavy atom. The lowest BCUT2D eigenvalue weighted by molar-refractivity contribution is 0.415. The number of halogens is 1. The van der Waals surface area contributed by atoms with E-state index in [-0.39, 0.29) is 0 Å². The minimum Gasteiger partial charge on any atom is -0.497 e. The van der Waals surface area contributed by atoms with Crippen molar-refractivity contribution in [2.45, 2.75) is 0 Å². The Morgan fingerprint density at radius 1 is 0.652 bits per heavy atom. The molecule has 0 saturated heterocycles. The van der Waals surface area contributed by atoms with Crippen LogP contribution in [0.3, 0.4) is 0 Å². The lowest BCUT2D eigenvalue weighted by Crippen LogP contribution is -1.83. The largest absolute Gasteiger partial charge is 0.497 e. The van der Waals surface area contributed by atoms with Crippen LogP contribution in [-0.2, 0) is 0 Å². The highest BCUT2D eigenvalue weighted by Crippen LogP contribution is 2.22. The lowest BCUT2D eigenvalue weighted by Gasteiger charge is -2.03.